The van der Waals surface area contributed by atoms with Crippen molar-refractivity contribution in [2.24, 2.45) is 0 Å². The maximum Gasteiger partial charge on any atom is 0.151 e. The van der Waals surface area contributed by atoms with Crippen molar-refractivity contribution >= 4 is 42.9 Å². The quantitative estimate of drug-likeness (QED) is 0.742. The van der Waals surface area contributed by atoms with Crippen molar-refractivity contribution in [3.8, 4) is 0 Å². The van der Waals surface area contributed by atoms with Crippen molar-refractivity contribution < 1.29 is 8.78 Å². The minimum atomic E-state index is -0.595. The third kappa shape index (κ3) is 1.52. The number of aromatic nitrogens is 2. The van der Waals surface area contributed by atoms with Crippen LogP contribution in [0.5, 0.6) is 0 Å². The molecule has 0 unspecified atom stereocenters. The van der Waals surface area contributed by atoms with E-state index in [1.165, 1.54) is 0 Å². The molecule has 0 bridgehead atoms. The first kappa shape index (κ1) is 9.92. The van der Waals surface area contributed by atoms with Crippen LogP contribution in [0.2, 0.25) is 0 Å². The summed E-state index contributed by atoms with van der Waals surface area (Å²) in [5, 5.41) is 0. The number of halogens is 4. The molecule has 1 heterocycles. The zero-order valence-electron chi connectivity index (χ0n) is 6.56. The molecule has 0 N–H and O–H groups in total. The average molecular weight is 324 g/mol. The molecule has 1 aromatic heterocycles. The highest BCUT2D eigenvalue weighted by molar-refractivity contribution is 9.13. The second-order valence-corrected chi connectivity index (χ2v) is 4.03. The van der Waals surface area contributed by atoms with E-state index >= 15 is 0 Å². The van der Waals surface area contributed by atoms with Crippen molar-refractivity contribution in [1.82, 2.24) is 9.97 Å². The van der Waals surface area contributed by atoms with Gasteiger partial charge in [-0.25, -0.2) is 18.7 Å². The van der Waals surface area contributed by atoms with Gasteiger partial charge in [-0.2, -0.15) is 0 Å². The van der Waals surface area contributed by atoms with Crippen LogP contribution in [0, 0.1) is 11.6 Å². The molecular formula is C8H2Br2F2N2. The van der Waals surface area contributed by atoms with E-state index in [1.54, 1.807) is 0 Å². The van der Waals surface area contributed by atoms with Crippen molar-refractivity contribution in [2.45, 2.75) is 0 Å². The van der Waals surface area contributed by atoms with Crippen LogP contribution < -0.4 is 0 Å². The highest BCUT2D eigenvalue weighted by Gasteiger charge is 2.11. The topological polar surface area (TPSA) is 25.8 Å². The summed E-state index contributed by atoms with van der Waals surface area (Å²) in [4.78, 5) is 7.66. The van der Waals surface area contributed by atoms with Gasteiger partial charge in [0.25, 0.3) is 0 Å². The van der Waals surface area contributed by atoms with Crippen LogP contribution in [0.25, 0.3) is 11.0 Å². The first-order valence-electron chi connectivity index (χ1n) is 3.56. The molecule has 2 nitrogen and oxygen atoms in total. The molecule has 6 heteroatoms. The van der Waals surface area contributed by atoms with Gasteiger partial charge in [0.2, 0.25) is 0 Å². The maximum atomic E-state index is 13.2. The molecule has 2 aromatic rings. The molecule has 2 rings (SSSR count). The lowest BCUT2D eigenvalue weighted by Crippen LogP contribution is -1.93. The monoisotopic (exact) mass is 322 g/mol. The zero-order chi connectivity index (χ0) is 10.3. The summed E-state index contributed by atoms with van der Waals surface area (Å²) in [6.45, 7) is 0. The third-order valence-corrected chi connectivity index (χ3v) is 3.28. The van der Waals surface area contributed by atoms with E-state index in [0.717, 1.165) is 12.1 Å². The lowest BCUT2D eigenvalue weighted by molar-refractivity contribution is 0.612. The minimum absolute atomic E-state index is 0.0833. The summed E-state index contributed by atoms with van der Waals surface area (Å²) in [6, 6.07) is 2.04. The Balaban J connectivity index is 2.94. The summed E-state index contributed by atoms with van der Waals surface area (Å²) in [5.74, 6) is -1.19. The fourth-order valence-electron chi connectivity index (χ4n) is 1.03. The van der Waals surface area contributed by atoms with E-state index in [9.17, 15) is 8.78 Å². The van der Waals surface area contributed by atoms with Gasteiger partial charge in [-0.1, -0.05) is 0 Å². The van der Waals surface area contributed by atoms with E-state index in [-0.39, 0.29) is 11.0 Å². The van der Waals surface area contributed by atoms with Gasteiger partial charge < -0.3 is 0 Å². The van der Waals surface area contributed by atoms with Crippen LogP contribution in [0.1, 0.15) is 0 Å². The lowest BCUT2D eigenvalue weighted by atomic mass is 10.3. The Kier molecular flexibility index (Phi) is 2.48. The van der Waals surface area contributed by atoms with E-state index in [2.05, 4.69) is 41.8 Å². The molecule has 0 amide bonds. The maximum absolute atomic E-state index is 13.2. The zero-order valence-corrected chi connectivity index (χ0v) is 9.73. The van der Waals surface area contributed by atoms with Gasteiger partial charge in [0.05, 0.1) is 0 Å². The van der Waals surface area contributed by atoms with Crippen LogP contribution in [-0.2, 0) is 0 Å². The molecule has 0 radical (unpaired) electrons. The van der Waals surface area contributed by atoms with Crippen molar-refractivity contribution in [1.29, 1.82) is 0 Å². The van der Waals surface area contributed by atoms with Gasteiger partial charge in [-0.05, 0) is 44.0 Å². The summed E-state index contributed by atoms with van der Waals surface area (Å²) in [6.07, 6.45) is 0. The van der Waals surface area contributed by atoms with Crippen molar-refractivity contribution in [2.75, 3.05) is 0 Å². The predicted molar refractivity (Wildman–Crippen MR) is 54.9 cm³/mol. The molecule has 72 valence electrons. The Morgan fingerprint density at radius 2 is 1.21 bits per heavy atom. The number of fused-ring (bicyclic) bond motifs is 1. The molecule has 0 aliphatic rings. The molecule has 0 spiro atoms. The second-order valence-electron chi connectivity index (χ2n) is 2.53. The van der Waals surface area contributed by atoms with E-state index in [0.29, 0.717) is 9.21 Å². The first-order chi connectivity index (χ1) is 6.59. The fraction of sp³-hybridized carbons (Fsp3) is 0. The Morgan fingerprint density at radius 3 is 1.57 bits per heavy atom. The second kappa shape index (κ2) is 3.51. The number of nitrogens with zero attached hydrogens (tertiary/aromatic N) is 2. The smallest absolute Gasteiger partial charge is 0.151 e. The van der Waals surface area contributed by atoms with Gasteiger partial charge in [0, 0.05) is 0 Å². The van der Waals surface area contributed by atoms with Gasteiger partial charge in [-0.15, -0.1) is 0 Å². The van der Waals surface area contributed by atoms with Gasteiger partial charge in [0.15, 0.2) is 11.6 Å². The molecule has 14 heavy (non-hydrogen) atoms. The van der Waals surface area contributed by atoms with Gasteiger partial charge in [-0.3, -0.25) is 0 Å². The minimum Gasteiger partial charge on any atom is -0.233 e. The predicted octanol–water partition coefficient (Wildman–Crippen LogP) is 3.43. The summed E-state index contributed by atoms with van der Waals surface area (Å²) in [5.41, 5.74) is -0.167. The highest BCUT2D eigenvalue weighted by atomic mass is 79.9. The van der Waals surface area contributed by atoms with Crippen LogP contribution >= 0.6 is 31.9 Å². The summed E-state index contributed by atoms with van der Waals surface area (Å²) < 4.78 is 27.0. The largest absolute Gasteiger partial charge is 0.233 e. The molecule has 0 atom stereocenters. The SMILES string of the molecule is Fc1ccc(F)c2nc(Br)c(Br)nc12. The van der Waals surface area contributed by atoms with Gasteiger partial charge >= 0.3 is 0 Å². The number of hydrogen-bond acceptors (Lipinski definition) is 2. The third-order valence-electron chi connectivity index (χ3n) is 1.64. The van der Waals surface area contributed by atoms with Crippen LogP contribution in [0.3, 0.4) is 0 Å². The van der Waals surface area contributed by atoms with E-state index < -0.39 is 11.6 Å². The van der Waals surface area contributed by atoms with Crippen LogP contribution in [0.4, 0.5) is 8.78 Å². The van der Waals surface area contributed by atoms with Crippen LogP contribution in [0.15, 0.2) is 21.3 Å². The molecular weight excluding hydrogens is 322 g/mol. The summed E-state index contributed by atoms with van der Waals surface area (Å²) >= 11 is 6.13. The molecule has 0 aliphatic carbocycles. The molecule has 0 saturated carbocycles. The average Bonchev–Trinajstić information content (AvgIpc) is 2.15. The van der Waals surface area contributed by atoms with E-state index in [4.69, 9.17) is 0 Å². The summed E-state index contributed by atoms with van der Waals surface area (Å²) in [7, 11) is 0. The van der Waals surface area contributed by atoms with Crippen molar-refractivity contribution in [3.63, 3.8) is 0 Å². The molecule has 0 fully saturated rings. The van der Waals surface area contributed by atoms with Crippen molar-refractivity contribution in [3.05, 3.63) is 33.0 Å². The Labute approximate surface area is 94.6 Å². The number of rotatable bonds is 0. The van der Waals surface area contributed by atoms with Crippen LogP contribution in [-0.4, -0.2) is 9.97 Å². The number of hydrogen-bond donors (Lipinski definition) is 0. The highest BCUT2D eigenvalue weighted by Crippen LogP contribution is 2.24. The van der Waals surface area contributed by atoms with Gasteiger partial charge in [0.1, 0.15) is 20.2 Å². The number of benzene rings is 1. The lowest BCUT2D eigenvalue weighted by Gasteiger charge is -2.01. The first-order valence-corrected chi connectivity index (χ1v) is 5.15. The molecule has 0 aliphatic heterocycles. The van der Waals surface area contributed by atoms with E-state index in [1.807, 2.05) is 0 Å². The Hall–Kier alpha value is -0.620. The Morgan fingerprint density at radius 1 is 0.857 bits per heavy atom. The standard InChI is InChI=1S/C8H2Br2F2N2/c9-7-8(10)14-6-4(12)2-1-3(11)5(6)13-7/h1-2H. The Bertz CT molecular complexity index is 470. The normalized spacial score (nSPS) is 10.9. The molecule has 1 aromatic carbocycles. The molecule has 0 saturated heterocycles. The fourth-order valence-corrected chi connectivity index (χ4v) is 1.56.